The van der Waals surface area contributed by atoms with E-state index >= 15 is 0 Å². The number of carbonyl (C=O) groups excluding carboxylic acids is 2. The van der Waals surface area contributed by atoms with Crippen molar-refractivity contribution in [2.45, 2.75) is 53.6 Å². The van der Waals surface area contributed by atoms with Gasteiger partial charge in [-0.05, 0) is 50.3 Å². The number of benzene rings is 1. The maximum atomic E-state index is 12.1. The fourth-order valence-electron chi connectivity index (χ4n) is 1.82. The maximum absolute atomic E-state index is 12.1. The molecule has 0 aliphatic heterocycles. The normalized spacial score (nSPS) is 12.1. The van der Waals surface area contributed by atoms with E-state index in [9.17, 15) is 9.59 Å². The topological polar surface area (TPSA) is 55.4 Å². The average Bonchev–Trinajstić information content (AvgIpc) is 2.40. The van der Waals surface area contributed by atoms with E-state index in [1.807, 2.05) is 45.9 Å². The molecule has 0 aliphatic carbocycles. The second-order valence-electron chi connectivity index (χ2n) is 5.87. The van der Waals surface area contributed by atoms with Crippen molar-refractivity contribution in [2.75, 3.05) is 5.32 Å². The second kappa shape index (κ2) is 7.81. The van der Waals surface area contributed by atoms with Crippen LogP contribution < -0.4 is 5.32 Å². The molecule has 1 N–H and O–H groups in total. The number of esters is 1. The third kappa shape index (κ3) is 5.98. The van der Waals surface area contributed by atoms with Crippen LogP contribution in [0.5, 0.6) is 0 Å². The van der Waals surface area contributed by atoms with Crippen LogP contribution in [0.2, 0.25) is 0 Å². The minimum atomic E-state index is -0.787. The van der Waals surface area contributed by atoms with Gasteiger partial charge in [0.2, 0.25) is 0 Å². The predicted molar refractivity (Wildman–Crippen MR) is 84.2 cm³/mol. The summed E-state index contributed by atoms with van der Waals surface area (Å²) >= 11 is 0. The molecule has 1 amide bonds. The van der Waals surface area contributed by atoms with Crippen molar-refractivity contribution < 1.29 is 14.3 Å². The van der Waals surface area contributed by atoms with Gasteiger partial charge in [-0.1, -0.05) is 26.0 Å². The van der Waals surface area contributed by atoms with E-state index in [1.54, 1.807) is 6.92 Å². The molecule has 4 nitrogen and oxygen atoms in total. The number of hydrogen-bond donors (Lipinski definition) is 1. The first-order chi connectivity index (χ1) is 9.79. The van der Waals surface area contributed by atoms with Crippen LogP contribution in [0, 0.1) is 19.8 Å². The van der Waals surface area contributed by atoms with Gasteiger partial charge in [-0.15, -0.1) is 0 Å². The van der Waals surface area contributed by atoms with Gasteiger partial charge in [-0.3, -0.25) is 9.59 Å². The summed E-state index contributed by atoms with van der Waals surface area (Å²) in [5, 5.41) is 2.80. The lowest BCUT2D eigenvalue weighted by Gasteiger charge is -2.15. The van der Waals surface area contributed by atoms with Gasteiger partial charge in [-0.2, -0.15) is 0 Å². The quantitative estimate of drug-likeness (QED) is 0.815. The summed E-state index contributed by atoms with van der Waals surface area (Å²) in [6.07, 6.45) is 0.327. The second-order valence-corrected chi connectivity index (χ2v) is 5.87. The van der Waals surface area contributed by atoms with Crippen LogP contribution in [0.1, 0.15) is 44.7 Å². The highest BCUT2D eigenvalue weighted by atomic mass is 16.5. The lowest BCUT2D eigenvalue weighted by molar-refractivity contribution is -0.153. The van der Waals surface area contributed by atoms with Gasteiger partial charge in [0.05, 0.1) is 0 Å². The Bertz CT molecular complexity index is 509. The van der Waals surface area contributed by atoms with Crippen molar-refractivity contribution in [3.63, 3.8) is 0 Å². The number of amides is 1. The number of ether oxygens (including phenoxy) is 1. The Morgan fingerprint density at radius 2 is 1.86 bits per heavy atom. The third-order valence-corrected chi connectivity index (χ3v) is 3.25. The molecule has 1 rings (SSSR count). The number of nitrogens with one attached hydrogen (secondary N) is 1. The average molecular weight is 291 g/mol. The Kier molecular flexibility index (Phi) is 6.40. The van der Waals surface area contributed by atoms with Crippen LogP contribution in [-0.4, -0.2) is 18.0 Å². The van der Waals surface area contributed by atoms with E-state index in [-0.39, 0.29) is 11.9 Å². The van der Waals surface area contributed by atoms with Crippen LogP contribution >= 0.6 is 0 Å². The van der Waals surface area contributed by atoms with Crippen LogP contribution in [-0.2, 0) is 14.3 Å². The van der Waals surface area contributed by atoms with Crippen molar-refractivity contribution in [2.24, 2.45) is 5.92 Å². The Morgan fingerprint density at radius 3 is 2.48 bits per heavy atom. The Morgan fingerprint density at radius 1 is 1.19 bits per heavy atom. The van der Waals surface area contributed by atoms with Crippen LogP contribution in [0.3, 0.4) is 0 Å². The Balaban J connectivity index is 2.54. The molecule has 1 aromatic carbocycles. The molecule has 21 heavy (non-hydrogen) atoms. The molecule has 4 heteroatoms. The zero-order valence-electron chi connectivity index (χ0n) is 13.5. The third-order valence-electron chi connectivity index (χ3n) is 3.25. The lowest BCUT2D eigenvalue weighted by Crippen LogP contribution is -2.30. The molecule has 1 aromatic rings. The van der Waals surface area contributed by atoms with Gasteiger partial charge in [0.15, 0.2) is 6.10 Å². The molecule has 1 atom stereocenters. The molecule has 0 fully saturated rings. The molecule has 1 unspecified atom stereocenters. The van der Waals surface area contributed by atoms with Gasteiger partial charge in [0.25, 0.3) is 5.91 Å². The highest BCUT2D eigenvalue weighted by molar-refractivity contribution is 5.95. The molecule has 0 spiro atoms. The van der Waals surface area contributed by atoms with Crippen molar-refractivity contribution in [1.29, 1.82) is 0 Å². The zero-order valence-corrected chi connectivity index (χ0v) is 13.5. The number of aryl methyl sites for hydroxylation is 2. The zero-order chi connectivity index (χ0) is 16.0. The molecule has 0 bridgehead atoms. The Hall–Kier alpha value is -1.84. The lowest BCUT2D eigenvalue weighted by atomic mass is 10.1. The van der Waals surface area contributed by atoms with Crippen molar-refractivity contribution in [3.05, 3.63) is 29.3 Å². The molecule has 0 saturated carbocycles. The summed E-state index contributed by atoms with van der Waals surface area (Å²) in [7, 11) is 0. The highest BCUT2D eigenvalue weighted by Gasteiger charge is 2.18. The molecule has 0 heterocycles. The summed E-state index contributed by atoms with van der Waals surface area (Å²) in [5.41, 5.74) is 2.80. The minimum Gasteiger partial charge on any atom is -0.453 e. The van der Waals surface area contributed by atoms with E-state index in [1.165, 1.54) is 0 Å². The van der Waals surface area contributed by atoms with E-state index in [2.05, 4.69) is 5.32 Å². The predicted octanol–water partition coefficient (Wildman–Crippen LogP) is 3.61. The summed E-state index contributed by atoms with van der Waals surface area (Å²) in [6, 6.07) is 5.84. The molecule has 0 aliphatic rings. The van der Waals surface area contributed by atoms with Crippen LogP contribution in [0.4, 0.5) is 5.69 Å². The fraction of sp³-hybridized carbons (Fsp3) is 0.529. The Labute approximate surface area is 126 Å². The monoisotopic (exact) mass is 291 g/mol. The molecule has 0 aromatic heterocycles. The summed E-state index contributed by atoms with van der Waals surface area (Å²) in [5.74, 6) is -0.189. The number of anilines is 1. The smallest absolute Gasteiger partial charge is 0.306 e. The first-order valence-electron chi connectivity index (χ1n) is 7.37. The molecule has 0 saturated heterocycles. The largest absolute Gasteiger partial charge is 0.453 e. The first kappa shape index (κ1) is 17.2. The maximum Gasteiger partial charge on any atom is 0.306 e. The van der Waals surface area contributed by atoms with E-state index in [0.29, 0.717) is 12.3 Å². The number of carbonyl (C=O) groups is 2. The number of hydrogen-bond acceptors (Lipinski definition) is 3. The van der Waals surface area contributed by atoms with Gasteiger partial charge in [0, 0.05) is 12.1 Å². The highest BCUT2D eigenvalue weighted by Crippen LogP contribution is 2.17. The van der Waals surface area contributed by atoms with Crippen molar-refractivity contribution >= 4 is 17.6 Å². The molecular formula is C17H25NO3. The van der Waals surface area contributed by atoms with Gasteiger partial charge in [-0.25, -0.2) is 0 Å². The summed E-state index contributed by atoms with van der Waals surface area (Å²) in [6.45, 7) is 9.57. The molecule has 116 valence electrons. The fourth-order valence-corrected chi connectivity index (χ4v) is 1.82. The van der Waals surface area contributed by atoms with Crippen molar-refractivity contribution in [3.8, 4) is 0 Å². The molecular weight excluding hydrogens is 266 g/mol. The standard InChI is InChI=1S/C17H25NO3/c1-11(2)6-9-16(19)21-14(5)17(20)18-15-10-12(3)7-8-13(15)4/h7-8,10-11,14H,6,9H2,1-5H3,(H,18,20). The van der Waals surface area contributed by atoms with Crippen LogP contribution in [0.15, 0.2) is 18.2 Å². The van der Waals surface area contributed by atoms with Crippen molar-refractivity contribution in [1.82, 2.24) is 0 Å². The van der Waals surface area contributed by atoms with Gasteiger partial charge < -0.3 is 10.1 Å². The minimum absolute atomic E-state index is 0.304. The summed E-state index contributed by atoms with van der Waals surface area (Å²) in [4.78, 5) is 23.7. The van der Waals surface area contributed by atoms with E-state index in [0.717, 1.165) is 23.2 Å². The number of rotatable bonds is 6. The van der Waals surface area contributed by atoms with E-state index in [4.69, 9.17) is 4.74 Å². The van der Waals surface area contributed by atoms with Crippen LogP contribution in [0.25, 0.3) is 0 Å². The van der Waals surface area contributed by atoms with Gasteiger partial charge in [0.1, 0.15) is 0 Å². The summed E-state index contributed by atoms with van der Waals surface area (Å²) < 4.78 is 5.15. The first-order valence-corrected chi connectivity index (χ1v) is 7.37. The van der Waals surface area contributed by atoms with E-state index < -0.39 is 6.10 Å². The van der Waals surface area contributed by atoms with Gasteiger partial charge >= 0.3 is 5.97 Å². The SMILES string of the molecule is Cc1ccc(C)c(NC(=O)C(C)OC(=O)CCC(C)C)c1. The molecule has 0 radical (unpaired) electrons.